The van der Waals surface area contributed by atoms with Gasteiger partial charge in [0.15, 0.2) is 0 Å². The van der Waals surface area contributed by atoms with Gasteiger partial charge in [0.1, 0.15) is 37.1 Å². The Labute approximate surface area is 313 Å². The Morgan fingerprint density at radius 3 is 2.53 bits per heavy atom. The van der Waals surface area contributed by atoms with E-state index in [1.165, 1.54) is 13.2 Å². The van der Waals surface area contributed by atoms with Crippen LogP contribution in [0.25, 0.3) is 0 Å². The minimum atomic E-state index is -1.37. The third-order valence-corrected chi connectivity index (χ3v) is 10.6. The second-order valence-corrected chi connectivity index (χ2v) is 15.6. The van der Waals surface area contributed by atoms with Gasteiger partial charge in [-0.1, -0.05) is 69.1 Å². The number of benzene rings is 2. The van der Waals surface area contributed by atoms with E-state index in [2.05, 4.69) is 17.8 Å². The number of allylic oxidation sites excluding steroid dienone is 1. The predicted molar refractivity (Wildman–Crippen MR) is 201 cm³/mol. The SMILES string of the molecule is C=CCOC12Oc3ccc(OCc4ccccc4F)cc3C3C(CCCCO)C(CCCCO)C=C(C(=NOC)CC1N(C)C(=O)OCC(C)(C)C)C32. The lowest BCUT2D eigenvalue weighted by molar-refractivity contribution is -0.253. The number of aliphatic hydroxyl groups is 2. The third-order valence-electron chi connectivity index (χ3n) is 10.6. The summed E-state index contributed by atoms with van der Waals surface area (Å²) in [4.78, 5) is 20.9. The molecule has 2 N–H and O–H groups in total. The van der Waals surface area contributed by atoms with Crippen LogP contribution in [0.1, 0.15) is 82.8 Å². The van der Waals surface area contributed by atoms with Gasteiger partial charge in [0.25, 0.3) is 0 Å². The van der Waals surface area contributed by atoms with E-state index in [-0.39, 0.29) is 68.4 Å². The fourth-order valence-corrected chi connectivity index (χ4v) is 8.21. The molecule has 10 nitrogen and oxygen atoms in total. The maximum Gasteiger partial charge on any atom is 0.410 e. The molecule has 1 heterocycles. The van der Waals surface area contributed by atoms with Crippen LogP contribution >= 0.6 is 0 Å². The van der Waals surface area contributed by atoms with Crippen LogP contribution in [0.4, 0.5) is 9.18 Å². The molecule has 6 atom stereocenters. The van der Waals surface area contributed by atoms with Crippen molar-refractivity contribution in [2.24, 2.45) is 28.3 Å². The van der Waals surface area contributed by atoms with Crippen molar-refractivity contribution >= 4 is 11.8 Å². The number of nitrogens with zero attached hydrogens (tertiary/aromatic N) is 2. The van der Waals surface area contributed by atoms with E-state index in [0.717, 1.165) is 36.8 Å². The van der Waals surface area contributed by atoms with Crippen molar-refractivity contribution in [1.29, 1.82) is 0 Å². The highest BCUT2D eigenvalue weighted by Crippen LogP contribution is 2.61. The van der Waals surface area contributed by atoms with Crippen molar-refractivity contribution in [2.75, 3.05) is 40.6 Å². The summed E-state index contributed by atoms with van der Waals surface area (Å²) in [6.07, 6.45) is 8.33. The number of amides is 1. The quantitative estimate of drug-likeness (QED) is 0.0961. The van der Waals surface area contributed by atoms with E-state index in [1.807, 2.05) is 39.0 Å². The van der Waals surface area contributed by atoms with Crippen LogP contribution in [0, 0.1) is 29.0 Å². The highest BCUT2D eigenvalue weighted by Gasteiger charge is 2.65. The lowest BCUT2D eigenvalue weighted by Gasteiger charge is -2.59. The molecule has 1 amide bonds. The zero-order chi connectivity index (χ0) is 38.2. The number of halogens is 1. The normalized spacial score (nSPS) is 25.4. The van der Waals surface area contributed by atoms with Crippen molar-refractivity contribution in [3.8, 4) is 11.5 Å². The lowest BCUT2D eigenvalue weighted by Crippen LogP contribution is -2.69. The summed E-state index contributed by atoms with van der Waals surface area (Å²) >= 11 is 0. The number of carbonyl (C=O) groups is 1. The maximum atomic E-state index is 14.6. The Morgan fingerprint density at radius 2 is 1.85 bits per heavy atom. The first-order valence-electron chi connectivity index (χ1n) is 18.8. The van der Waals surface area contributed by atoms with Crippen molar-refractivity contribution in [1.82, 2.24) is 4.90 Å². The zero-order valence-electron chi connectivity index (χ0n) is 31.9. The van der Waals surface area contributed by atoms with Crippen LogP contribution in [0.3, 0.4) is 0 Å². The maximum absolute atomic E-state index is 14.6. The number of carbonyl (C=O) groups excluding carboxylic acids is 1. The van der Waals surface area contributed by atoms with Crippen LogP contribution in [-0.4, -0.2) is 79.3 Å². The van der Waals surface area contributed by atoms with Crippen LogP contribution in [-0.2, 0) is 20.9 Å². The fraction of sp³-hybridized carbons (Fsp3) is 0.571. The smallest absolute Gasteiger partial charge is 0.410 e. The van der Waals surface area contributed by atoms with Gasteiger partial charge in [-0.2, -0.15) is 0 Å². The van der Waals surface area contributed by atoms with E-state index in [4.69, 9.17) is 23.8 Å². The average Bonchev–Trinajstić information content (AvgIpc) is 3.14. The van der Waals surface area contributed by atoms with Crippen LogP contribution < -0.4 is 9.47 Å². The molecule has 53 heavy (non-hydrogen) atoms. The second-order valence-electron chi connectivity index (χ2n) is 15.6. The lowest BCUT2D eigenvalue weighted by atomic mass is 9.55. The molecular weight excluding hydrogens is 679 g/mol. The monoisotopic (exact) mass is 736 g/mol. The number of fused-ring (bicyclic) bond motifs is 2. The van der Waals surface area contributed by atoms with Gasteiger partial charge >= 0.3 is 6.09 Å². The molecule has 2 aromatic carbocycles. The molecule has 0 radical (unpaired) electrons. The second kappa shape index (κ2) is 17.9. The van der Waals surface area contributed by atoms with Gasteiger partial charge in [-0.15, -0.1) is 6.58 Å². The number of unbranched alkanes of at least 4 members (excludes halogenated alkanes) is 2. The first kappa shape index (κ1) is 40.3. The Morgan fingerprint density at radius 1 is 1.11 bits per heavy atom. The van der Waals surface area contributed by atoms with Crippen molar-refractivity contribution < 1.29 is 43.2 Å². The Bertz CT molecular complexity index is 1620. The van der Waals surface area contributed by atoms with Crippen molar-refractivity contribution in [2.45, 2.75) is 90.1 Å². The van der Waals surface area contributed by atoms with E-state index in [9.17, 15) is 19.4 Å². The van der Waals surface area contributed by atoms with E-state index < -0.39 is 23.8 Å². The average molecular weight is 737 g/mol. The Kier molecular flexibility index (Phi) is 13.6. The molecule has 6 unspecified atom stereocenters. The summed E-state index contributed by atoms with van der Waals surface area (Å²) in [5, 5.41) is 24.1. The topological polar surface area (TPSA) is 119 Å². The van der Waals surface area contributed by atoms with Crippen LogP contribution in [0.15, 0.2) is 71.9 Å². The highest BCUT2D eigenvalue weighted by atomic mass is 19.1. The van der Waals surface area contributed by atoms with Gasteiger partial charge in [0.2, 0.25) is 5.79 Å². The minimum Gasteiger partial charge on any atom is -0.489 e. The summed E-state index contributed by atoms with van der Waals surface area (Å²) in [6.45, 7) is 10.6. The van der Waals surface area contributed by atoms with Gasteiger partial charge in [-0.25, -0.2) is 9.18 Å². The summed E-state index contributed by atoms with van der Waals surface area (Å²) in [5.41, 5.74) is 2.75. The van der Waals surface area contributed by atoms with Crippen molar-refractivity contribution in [3.05, 3.63) is 83.7 Å². The van der Waals surface area contributed by atoms with E-state index in [1.54, 1.807) is 36.2 Å². The zero-order valence-corrected chi connectivity index (χ0v) is 31.9. The summed E-state index contributed by atoms with van der Waals surface area (Å²) < 4.78 is 40.6. The molecule has 1 aliphatic heterocycles. The number of hydrogen-bond acceptors (Lipinski definition) is 9. The largest absolute Gasteiger partial charge is 0.489 e. The Hall–Kier alpha value is -3.93. The molecule has 1 saturated carbocycles. The molecule has 290 valence electrons. The van der Waals surface area contributed by atoms with Crippen LogP contribution in [0.5, 0.6) is 11.5 Å². The summed E-state index contributed by atoms with van der Waals surface area (Å²) in [5.74, 6) is -1.04. The summed E-state index contributed by atoms with van der Waals surface area (Å²) in [6, 6.07) is 11.6. The molecule has 3 aliphatic rings. The summed E-state index contributed by atoms with van der Waals surface area (Å²) in [7, 11) is 3.23. The molecule has 1 fully saturated rings. The van der Waals surface area contributed by atoms with Gasteiger partial charge in [0, 0.05) is 43.7 Å². The molecule has 2 aromatic rings. The molecule has 0 spiro atoms. The number of hydrogen-bond donors (Lipinski definition) is 2. The van der Waals surface area contributed by atoms with Gasteiger partial charge in [-0.3, -0.25) is 0 Å². The molecule has 0 aromatic heterocycles. The Balaban J connectivity index is 1.69. The standard InChI is InChI=1S/C42H57FN2O8/c1-7-22-52-42-37(45(5)40(48)51-27-41(2,3)4)25-35(44-49-6)32-23-28(14-10-12-20-46)31(16-11-13-21-47)38(39(32)42)33-24-30(18-19-36(33)53-42)50-26-29-15-8-9-17-34(29)43/h7-9,15,17-19,23-24,28,31,37-39,46-47H,1,10-14,16,20-22,25-27H2,2-6H3. The molecule has 11 heteroatoms. The molecule has 0 bridgehead atoms. The molecular formula is C42H57FN2O8. The first-order chi connectivity index (χ1) is 25.5. The first-order valence-corrected chi connectivity index (χ1v) is 18.8. The molecule has 2 aliphatic carbocycles. The number of oxime groups is 1. The van der Waals surface area contributed by atoms with E-state index >= 15 is 0 Å². The van der Waals surface area contributed by atoms with Gasteiger partial charge in [0.05, 0.1) is 24.8 Å². The predicted octanol–water partition coefficient (Wildman–Crippen LogP) is 7.78. The molecule has 0 saturated heterocycles. The number of ether oxygens (including phenoxy) is 4. The number of aliphatic hydroxyl groups excluding tert-OH is 2. The number of rotatable bonds is 17. The van der Waals surface area contributed by atoms with Crippen molar-refractivity contribution in [3.63, 3.8) is 0 Å². The molecule has 5 rings (SSSR count). The number of likely N-dealkylation sites (N-methyl/N-ethyl adjacent to an activating group) is 1. The van der Waals surface area contributed by atoms with E-state index in [0.29, 0.717) is 35.6 Å². The highest BCUT2D eigenvalue weighted by molar-refractivity contribution is 6.02. The minimum absolute atomic E-state index is 0.0514. The third kappa shape index (κ3) is 9.07. The van der Waals surface area contributed by atoms with Crippen LogP contribution in [0.2, 0.25) is 0 Å². The van der Waals surface area contributed by atoms with Gasteiger partial charge < -0.3 is 38.9 Å². The van der Waals surface area contributed by atoms with Gasteiger partial charge in [-0.05, 0) is 72.8 Å². The fourth-order valence-electron chi connectivity index (χ4n) is 8.21.